The minimum atomic E-state index is -1.00. The van der Waals surface area contributed by atoms with Gasteiger partial charge in [0.15, 0.2) is 5.82 Å². The molecule has 0 bridgehead atoms. The SMILES string of the molecule is Cc1csc(C(=O)O)c1Nc1nc(Nc2ccc3c(c2)-n2ccnc2CCC3)ncc1Cl. The molecule has 0 fully saturated rings. The van der Waals surface area contributed by atoms with Crippen LogP contribution in [0.2, 0.25) is 5.02 Å². The standard InChI is InChI=1S/C22H19ClN6O2S/c1-12-11-32-19(21(30)31)18(12)27-20-15(23)10-25-22(28-20)26-14-6-5-13-3-2-4-17-24-7-8-29(17)16(13)9-14/h5-11H,2-4H2,1H3,(H,30,31)(H2,25,26,27,28). The zero-order valence-electron chi connectivity index (χ0n) is 17.1. The summed E-state index contributed by atoms with van der Waals surface area (Å²) in [5.41, 5.74) is 4.47. The molecular weight excluding hydrogens is 448 g/mol. The van der Waals surface area contributed by atoms with Crippen LogP contribution >= 0.6 is 22.9 Å². The zero-order chi connectivity index (χ0) is 22.2. The number of carboxylic acids is 1. The maximum absolute atomic E-state index is 11.5. The minimum Gasteiger partial charge on any atom is -0.477 e. The van der Waals surface area contributed by atoms with Crippen molar-refractivity contribution in [3.05, 3.63) is 69.0 Å². The van der Waals surface area contributed by atoms with Gasteiger partial charge in [-0.3, -0.25) is 0 Å². The average Bonchev–Trinajstić information content (AvgIpc) is 3.34. The molecule has 10 heteroatoms. The Bertz CT molecular complexity index is 1330. The Balaban J connectivity index is 1.45. The number of imidazole rings is 1. The third-order valence-electron chi connectivity index (χ3n) is 5.32. The third-order valence-corrected chi connectivity index (χ3v) is 6.68. The summed E-state index contributed by atoms with van der Waals surface area (Å²) in [4.78, 5) is 24.9. The molecule has 32 heavy (non-hydrogen) atoms. The lowest BCUT2D eigenvalue weighted by Crippen LogP contribution is -2.05. The first-order valence-electron chi connectivity index (χ1n) is 10.0. The Morgan fingerprint density at radius 1 is 1.25 bits per heavy atom. The Morgan fingerprint density at radius 3 is 2.97 bits per heavy atom. The lowest BCUT2D eigenvalue weighted by molar-refractivity contribution is 0.0703. The van der Waals surface area contributed by atoms with Gasteiger partial charge in [0.1, 0.15) is 15.7 Å². The smallest absolute Gasteiger partial charge is 0.348 e. The molecule has 162 valence electrons. The molecule has 1 aliphatic rings. The number of anilines is 4. The van der Waals surface area contributed by atoms with Gasteiger partial charge in [-0.15, -0.1) is 11.3 Å². The summed E-state index contributed by atoms with van der Waals surface area (Å²) in [6.45, 7) is 1.83. The van der Waals surface area contributed by atoms with E-state index in [-0.39, 0.29) is 4.88 Å². The fourth-order valence-corrected chi connectivity index (χ4v) is 4.75. The molecule has 4 heterocycles. The number of halogens is 1. The van der Waals surface area contributed by atoms with E-state index < -0.39 is 5.97 Å². The maximum atomic E-state index is 11.5. The van der Waals surface area contributed by atoms with Crippen LogP contribution in [0.25, 0.3) is 5.69 Å². The van der Waals surface area contributed by atoms with E-state index in [9.17, 15) is 9.90 Å². The number of aromatic carboxylic acids is 1. The molecule has 0 spiro atoms. The van der Waals surface area contributed by atoms with Crippen LogP contribution in [0.1, 0.15) is 33.0 Å². The average molecular weight is 467 g/mol. The summed E-state index contributed by atoms with van der Waals surface area (Å²) in [5, 5.41) is 17.8. The van der Waals surface area contributed by atoms with Crippen molar-refractivity contribution in [2.45, 2.75) is 26.2 Å². The number of nitrogens with one attached hydrogen (secondary N) is 2. The Morgan fingerprint density at radius 2 is 2.12 bits per heavy atom. The lowest BCUT2D eigenvalue weighted by Gasteiger charge is -2.13. The monoisotopic (exact) mass is 466 g/mol. The minimum absolute atomic E-state index is 0.202. The quantitative estimate of drug-likeness (QED) is 0.363. The zero-order valence-corrected chi connectivity index (χ0v) is 18.7. The predicted molar refractivity (Wildman–Crippen MR) is 125 cm³/mol. The molecular formula is C22H19ClN6O2S. The molecule has 0 radical (unpaired) electrons. The third kappa shape index (κ3) is 3.80. The van der Waals surface area contributed by atoms with Crippen LogP contribution in [0.5, 0.6) is 0 Å². The van der Waals surface area contributed by atoms with Gasteiger partial charge in [-0.25, -0.2) is 14.8 Å². The number of aromatic nitrogens is 4. The van der Waals surface area contributed by atoms with Gasteiger partial charge in [0.2, 0.25) is 5.95 Å². The van der Waals surface area contributed by atoms with Gasteiger partial charge in [0.05, 0.1) is 17.6 Å². The van der Waals surface area contributed by atoms with E-state index in [4.69, 9.17) is 11.6 Å². The largest absolute Gasteiger partial charge is 0.477 e. The summed E-state index contributed by atoms with van der Waals surface area (Å²) < 4.78 is 2.12. The van der Waals surface area contributed by atoms with E-state index in [0.29, 0.717) is 22.5 Å². The molecule has 3 N–H and O–H groups in total. The molecule has 0 saturated heterocycles. The number of hydrogen-bond donors (Lipinski definition) is 3. The number of fused-ring (bicyclic) bond motifs is 3. The van der Waals surface area contributed by atoms with Crippen molar-refractivity contribution >= 4 is 52.0 Å². The topological polar surface area (TPSA) is 105 Å². The van der Waals surface area contributed by atoms with E-state index in [2.05, 4.69) is 42.3 Å². The number of carboxylic acid groups (broad SMARTS) is 1. The summed E-state index contributed by atoms with van der Waals surface area (Å²) in [6, 6.07) is 6.16. The van der Waals surface area contributed by atoms with E-state index in [1.807, 2.05) is 25.4 Å². The van der Waals surface area contributed by atoms with Crippen LogP contribution in [0, 0.1) is 6.92 Å². The van der Waals surface area contributed by atoms with Crippen molar-refractivity contribution < 1.29 is 9.90 Å². The van der Waals surface area contributed by atoms with Crippen LogP contribution in [-0.4, -0.2) is 30.6 Å². The fraction of sp³-hybridized carbons (Fsp3) is 0.182. The van der Waals surface area contributed by atoms with Gasteiger partial charge in [-0.1, -0.05) is 17.7 Å². The highest BCUT2D eigenvalue weighted by Gasteiger charge is 2.18. The van der Waals surface area contributed by atoms with Gasteiger partial charge < -0.3 is 20.3 Å². The summed E-state index contributed by atoms with van der Waals surface area (Å²) in [5.74, 6) is 0.731. The van der Waals surface area contributed by atoms with Gasteiger partial charge in [0, 0.05) is 24.5 Å². The first kappa shape index (κ1) is 20.5. The number of thiophene rings is 1. The summed E-state index contributed by atoms with van der Waals surface area (Å²) in [7, 11) is 0. The molecule has 0 atom stereocenters. The van der Waals surface area contributed by atoms with Crippen molar-refractivity contribution in [3.8, 4) is 5.69 Å². The second-order valence-corrected chi connectivity index (χ2v) is 8.77. The van der Waals surface area contributed by atoms with E-state index in [1.165, 1.54) is 11.8 Å². The van der Waals surface area contributed by atoms with Crippen LogP contribution < -0.4 is 10.6 Å². The highest BCUT2D eigenvalue weighted by Crippen LogP contribution is 2.33. The number of aryl methyl sites for hydroxylation is 3. The van der Waals surface area contributed by atoms with Crippen LogP contribution in [-0.2, 0) is 12.8 Å². The Kier molecular flexibility index (Phi) is 5.28. The molecule has 5 rings (SSSR count). The van der Waals surface area contributed by atoms with Gasteiger partial charge in [0.25, 0.3) is 0 Å². The lowest BCUT2D eigenvalue weighted by atomic mass is 10.1. The first-order valence-corrected chi connectivity index (χ1v) is 11.3. The van der Waals surface area contributed by atoms with Crippen LogP contribution in [0.4, 0.5) is 23.1 Å². The fourth-order valence-electron chi connectivity index (χ4n) is 3.77. The van der Waals surface area contributed by atoms with Crippen LogP contribution in [0.3, 0.4) is 0 Å². The first-order chi connectivity index (χ1) is 15.5. The number of carbonyl (C=O) groups is 1. The molecule has 1 aliphatic heterocycles. The molecule has 0 amide bonds. The van der Waals surface area contributed by atoms with E-state index >= 15 is 0 Å². The van der Waals surface area contributed by atoms with E-state index in [1.54, 1.807) is 5.38 Å². The molecule has 0 unspecified atom stereocenters. The maximum Gasteiger partial charge on any atom is 0.348 e. The van der Waals surface area contributed by atoms with Crippen molar-refractivity contribution in [1.82, 2.24) is 19.5 Å². The number of hydrogen-bond acceptors (Lipinski definition) is 7. The normalized spacial score (nSPS) is 12.6. The van der Waals surface area contributed by atoms with Gasteiger partial charge in [-0.05, 0) is 48.4 Å². The van der Waals surface area contributed by atoms with Gasteiger partial charge in [-0.2, -0.15) is 4.98 Å². The van der Waals surface area contributed by atoms with Crippen molar-refractivity contribution in [2.75, 3.05) is 10.6 Å². The highest BCUT2D eigenvalue weighted by atomic mass is 35.5. The number of nitrogens with zero attached hydrogens (tertiary/aromatic N) is 4. The second-order valence-electron chi connectivity index (χ2n) is 7.48. The Hall–Kier alpha value is -3.43. The molecule has 3 aromatic heterocycles. The second kappa shape index (κ2) is 8.25. The predicted octanol–water partition coefficient (Wildman–Crippen LogP) is 5.36. The molecule has 4 aromatic rings. The number of benzene rings is 1. The number of rotatable bonds is 5. The summed E-state index contributed by atoms with van der Waals surface area (Å²) >= 11 is 7.44. The van der Waals surface area contributed by atoms with E-state index in [0.717, 1.165) is 53.4 Å². The highest BCUT2D eigenvalue weighted by molar-refractivity contribution is 7.12. The van der Waals surface area contributed by atoms with Crippen molar-refractivity contribution in [1.29, 1.82) is 0 Å². The molecule has 0 aliphatic carbocycles. The van der Waals surface area contributed by atoms with Gasteiger partial charge >= 0.3 is 5.97 Å². The van der Waals surface area contributed by atoms with Crippen molar-refractivity contribution in [3.63, 3.8) is 0 Å². The summed E-state index contributed by atoms with van der Waals surface area (Å²) in [6.07, 6.45) is 8.29. The molecule has 1 aromatic carbocycles. The van der Waals surface area contributed by atoms with Crippen LogP contribution in [0.15, 0.2) is 42.2 Å². The molecule has 8 nitrogen and oxygen atoms in total. The molecule has 0 saturated carbocycles. The van der Waals surface area contributed by atoms with Crippen molar-refractivity contribution in [2.24, 2.45) is 0 Å². The Labute approximate surface area is 192 Å².